The van der Waals surface area contributed by atoms with Gasteiger partial charge in [0.05, 0.1) is 33.9 Å². The van der Waals surface area contributed by atoms with Gasteiger partial charge in [0, 0.05) is 31.1 Å². The molecular formula is C26H28F3N7O6S3. The van der Waals surface area contributed by atoms with Crippen LogP contribution in [-0.4, -0.2) is 77.6 Å². The van der Waals surface area contributed by atoms with Crippen LogP contribution in [0.2, 0.25) is 0 Å². The molecule has 242 valence electrons. The molecule has 0 saturated heterocycles. The Morgan fingerprint density at radius 1 is 1.22 bits per heavy atom. The summed E-state index contributed by atoms with van der Waals surface area (Å²) in [5.74, 6) is -0.807. The topological polar surface area (TPSA) is 177 Å². The SMILES string of the molecule is CCOC(=O)C1=C(c2cc(S(=O)(=O)NC3(C#N)CC3)cc3c(-c4nnc(C(F)(F)F)s4)nn(C)c23)CCN(S(=O)(=O)C(C)C)C1. The minimum Gasteiger partial charge on any atom is -0.463 e. The maximum atomic E-state index is 13.6. The Balaban J connectivity index is 1.79. The van der Waals surface area contributed by atoms with Crippen molar-refractivity contribution < 1.29 is 39.5 Å². The predicted octanol–water partition coefficient (Wildman–Crippen LogP) is 3.21. The number of aromatic nitrogens is 4. The average molecular weight is 688 g/mol. The van der Waals surface area contributed by atoms with Gasteiger partial charge in [-0.25, -0.2) is 21.6 Å². The van der Waals surface area contributed by atoms with Crippen molar-refractivity contribution in [3.8, 4) is 16.8 Å². The molecule has 1 saturated carbocycles. The van der Waals surface area contributed by atoms with Crippen LogP contribution in [0.5, 0.6) is 0 Å². The van der Waals surface area contributed by atoms with E-state index >= 15 is 0 Å². The van der Waals surface area contributed by atoms with E-state index in [1.807, 2.05) is 6.07 Å². The summed E-state index contributed by atoms with van der Waals surface area (Å²) in [4.78, 5) is 12.9. The van der Waals surface area contributed by atoms with E-state index in [0.717, 1.165) is 4.31 Å². The molecule has 13 nitrogen and oxygen atoms in total. The Bertz CT molecular complexity index is 1990. The van der Waals surface area contributed by atoms with E-state index in [1.165, 1.54) is 37.7 Å². The lowest BCUT2D eigenvalue weighted by molar-refractivity contribution is -0.139. The van der Waals surface area contributed by atoms with Gasteiger partial charge in [-0.05, 0) is 57.7 Å². The molecule has 0 atom stereocenters. The molecule has 45 heavy (non-hydrogen) atoms. The summed E-state index contributed by atoms with van der Waals surface area (Å²) in [5.41, 5.74) is -0.677. The van der Waals surface area contributed by atoms with Crippen molar-refractivity contribution in [3.63, 3.8) is 0 Å². The molecule has 5 rings (SSSR count). The number of ether oxygens (including phenoxy) is 1. The Morgan fingerprint density at radius 3 is 2.47 bits per heavy atom. The Labute approximate surface area is 260 Å². The molecule has 3 heterocycles. The number of halogens is 3. The monoisotopic (exact) mass is 687 g/mol. The number of aryl methyl sites for hydroxylation is 1. The molecule has 2 aromatic heterocycles. The fourth-order valence-corrected chi connectivity index (χ4v) is 8.39. The van der Waals surface area contributed by atoms with Gasteiger partial charge in [0.25, 0.3) is 0 Å². The first-order valence-corrected chi connectivity index (χ1v) is 17.5. The van der Waals surface area contributed by atoms with Gasteiger partial charge in [0.15, 0.2) is 5.01 Å². The highest BCUT2D eigenvalue weighted by atomic mass is 32.2. The van der Waals surface area contributed by atoms with Gasteiger partial charge in [0.1, 0.15) is 11.2 Å². The van der Waals surface area contributed by atoms with Crippen LogP contribution in [0, 0.1) is 11.3 Å². The van der Waals surface area contributed by atoms with Gasteiger partial charge < -0.3 is 4.74 Å². The molecule has 3 aromatic rings. The summed E-state index contributed by atoms with van der Waals surface area (Å²) in [6.45, 7) is 4.18. The summed E-state index contributed by atoms with van der Waals surface area (Å²) in [7, 11) is -6.69. The number of nitrogens with zero attached hydrogens (tertiary/aromatic N) is 6. The third-order valence-electron chi connectivity index (χ3n) is 7.50. The second kappa shape index (κ2) is 11.4. The van der Waals surface area contributed by atoms with Crippen LogP contribution in [0.3, 0.4) is 0 Å². The quantitative estimate of drug-likeness (QED) is 0.329. The van der Waals surface area contributed by atoms with Crippen molar-refractivity contribution in [1.82, 2.24) is 29.0 Å². The molecule has 1 N–H and O–H groups in total. The first-order chi connectivity index (χ1) is 20.9. The molecule has 1 fully saturated rings. The summed E-state index contributed by atoms with van der Waals surface area (Å²) in [6.07, 6.45) is -4.21. The number of esters is 1. The van der Waals surface area contributed by atoms with Crippen LogP contribution >= 0.6 is 11.3 Å². The maximum Gasteiger partial charge on any atom is 0.445 e. The van der Waals surface area contributed by atoms with E-state index < -0.39 is 48.0 Å². The average Bonchev–Trinajstić information content (AvgIpc) is 3.38. The van der Waals surface area contributed by atoms with Gasteiger partial charge in [-0.15, -0.1) is 10.2 Å². The van der Waals surface area contributed by atoms with Crippen molar-refractivity contribution in [3.05, 3.63) is 28.3 Å². The molecule has 1 aliphatic carbocycles. The van der Waals surface area contributed by atoms with Crippen LogP contribution < -0.4 is 4.72 Å². The van der Waals surface area contributed by atoms with Crippen molar-refractivity contribution >= 4 is 53.8 Å². The zero-order valence-electron chi connectivity index (χ0n) is 24.5. The molecule has 0 radical (unpaired) electrons. The van der Waals surface area contributed by atoms with E-state index in [2.05, 4.69) is 20.0 Å². The second-order valence-corrected chi connectivity index (χ2v) is 16.1. The van der Waals surface area contributed by atoms with Gasteiger partial charge in [-0.2, -0.15) is 32.6 Å². The van der Waals surface area contributed by atoms with Gasteiger partial charge in [0.2, 0.25) is 25.1 Å². The molecule has 0 spiro atoms. The van der Waals surface area contributed by atoms with Crippen LogP contribution in [-0.2, 0) is 42.8 Å². The number of sulfonamides is 2. The number of hydrogen-bond donors (Lipinski definition) is 1. The number of fused-ring (bicyclic) bond motifs is 1. The number of carbonyl (C=O) groups excluding carboxylic acids is 1. The van der Waals surface area contributed by atoms with Gasteiger partial charge >= 0.3 is 12.1 Å². The highest BCUT2D eigenvalue weighted by Crippen LogP contribution is 2.42. The predicted molar refractivity (Wildman–Crippen MR) is 156 cm³/mol. The number of nitrogens with one attached hydrogen (secondary N) is 1. The van der Waals surface area contributed by atoms with Crippen molar-refractivity contribution in [1.29, 1.82) is 5.26 Å². The minimum atomic E-state index is -4.77. The molecule has 2 aliphatic rings. The summed E-state index contributed by atoms with van der Waals surface area (Å²) in [6, 6.07) is 4.45. The Hall–Kier alpha value is -3.44. The zero-order chi connectivity index (χ0) is 33.1. The van der Waals surface area contributed by atoms with E-state index in [-0.39, 0.29) is 80.7 Å². The smallest absolute Gasteiger partial charge is 0.445 e. The van der Waals surface area contributed by atoms with Crippen LogP contribution in [0.25, 0.3) is 27.2 Å². The molecule has 0 bridgehead atoms. The number of hydrogen-bond acceptors (Lipinski definition) is 11. The fourth-order valence-electron chi connectivity index (χ4n) is 5.00. The molecule has 19 heteroatoms. The number of benzene rings is 1. The summed E-state index contributed by atoms with van der Waals surface area (Å²) in [5, 5.41) is 18.6. The van der Waals surface area contributed by atoms with Crippen molar-refractivity contribution in [2.24, 2.45) is 7.05 Å². The van der Waals surface area contributed by atoms with Crippen LogP contribution in [0.1, 0.15) is 50.6 Å². The highest BCUT2D eigenvalue weighted by molar-refractivity contribution is 7.90. The summed E-state index contributed by atoms with van der Waals surface area (Å²) >= 11 is 0.227. The number of rotatable bonds is 9. The third-order valence-corrected chi connectivity index (χ3v) is 12.2. The number of nitriles is 1. The second-order valence-electron chi connectivity index (χ2n) is 10.9. The largest absolute Gasteiger partial charge is 0.463 e. The van der Waals surface area contributed by atoms with E-state index in [0.29, 0.717) is 12.8 Å². The van der Waals surface area contributed by atoms with E-state index in [1.54, 1.807) is 6.92 Å². The van der Waals surface area contributed by atoms with Crippen LogP contribution in [0.4, 0.5) is 13.2 Å². The number of carbonyl (C=O) groups is 1. The molecule has 1 aliphatic heterocycles. The van der Waals surface area contributed by atoms with E-state index in [4.69, 9.17) is 4.74 Å². The van der Waals surface area contributed by atoms with Crippen molar-refractivity contribution in [2.45, 2.75) is 61.9 Å². The van der Waals surface area contributed by atoms with Gasteiger partial charge in [-0.1, -0.05) is 11.3 Å². The minimum absolute atomic E-state index is 0.0220. The lowest BCUT2D eigenvalue weighted by atomic mass is 9.92. The zero-order valence-corrected chi connectivity index (χ0v) is 26.9. The summed E-state index contributed by atoms with van der Waals surface area (Å²) < 4.78 is 104. The number of alkyl halides is 3. The third kappa shape index (κ3) is 6.08. The molecule has 1 aromatic carbocycles. The lowest BCUT2D eigenvalue weighted by Crippen LogP contribution is -2.42. The van der Waals surface area contributed by atoms with Crippen molar-refractivity contribution in [2.75, 3.05) is 19.7 Å². The standard InChI is InChI=1S/C26H28F3N7O6S3/c1-5-42-23(37)19-12-36(45(40,41)14(2)3)9-6-16(19)17-10-15(44(38,39)34-25(13-30)7-8-25)11-18-20(33-35(4)21(17)18)22-31-32-24(43-22)26(27,28)29/h10-11,14,34H,5-9,12H2,1-4H3. The maximum absolute atomic E-state index is 13.6. The Kier molecular flexibility index (Phi) is 8.36. The lowest BCUT2D eigenvalue weighted by Gasteiger charge is -2.31. The molecule has 0 unspecified atom stereocenters. The fraction of sp³-hybridized carbons (Fsp3) is 0.500. The molecular weight excluding hydrogens is 660 g/mol. The normalized spacial score (nSPS) is 17.6. The first kappa shape index (κ1) is 32.9. The Morgan fingerprint density at radius 2 is 1.91 bits per heavy atom. The van der Waals surface area contributed by atoms with Crippen LogP contribution in [0.15, 0.2) is 22.6 Å². The highest BCUT2D eigenvalue weighted by Gasteiger charge is 2.47. The van der Waals surface area contributed by atoms with E-state index in [9.17, 15) is 40.1 Å². The van der Waals surface area contributed by atoms with Gasteiger partial charge in [-0.3, -0.25) is 4.68 Å². The molecule has 0 amide bonds. The first-order valence-electron chi connectivity index (χ1n) is 13.7.